The van der Waals surface area contributed by atoms with Gasteiger partial charge in [0.25, 0.3) is 0 Å². The van der Waals surface area contributed by atoms with Gasteiger partial charge in [-0.15, -0.1) is 0 Å². The number of likely N-dealkylation sites (tertiary alicyclic amines) is 1. The van der Waals surface area contributed by atoms with Crippen LogP contribution in [0.15, 0.2) is 24.3 Å². The van der Waals surface area contributed by atoms with Gasteiger partial charge in [0.2, 0.25) is 11.8 Å². The summed E-state index contributed by atoms with van der Waals surface area (Å²) in [4.78, 5) is 29.8. The van der Waals surface area contributed by atoms with Crippen LogP contribution in [0, 0.1) is 12.8 Å². The van der Waals surface area contributed by atoms with Gasteiger partial charge < -0.3 is 14.5 Å². The fourth-order valence-corrected chi connectivity index (χ4v) is 4.35. The minimum Gasteiger partial charge on any atom is -0.381 e. The van der Waals surface area contributed by atoms with Gasteiger partial charge in [0.05, 0.1) is 12.5 Å². The second-order valence-corrected chi connectivity index (χ2v) is 8.31. The van der Waals surface area contributed by atoms with E-state index in [1.54, 1.807) is 0 Å². The Kier molecular flexibility index (Phi) is 5.48. The monoisotopic (exact) mass is 370 g/mol. The molecule has 0 bridgehead atoms. The molecule has 1 atom stereocenters. The molecule has 2 heterocycles. The SMILES string of the molecule is Cc1ccc(CC(=O)N2CCC(N(C(=O)C3CC3)C3CCOCC3)C2)cc1. The zero-order valence-corrected chi connectivity index (χ0v) is 16.2. The molecule has 2 amide bonds. The van der Waals surface area contributed by atoms with Crippen molar-refractivity contribution in [3.8, 4) is 0 Å². The first kappa shape index (κ1) is 18.5. The van der Waals surface area contributed by atoms with Crippen LogP contribution < -0.4 is 0 Å². The van der Waals surface area contributed by atoms with Gasteiger partial charge in [-0.05, 0) is 44.6 Å². The Morgan fingerprint density at radius 2 is 1.74 bits per heavy atom. The minimum atomic E-state index is 0.170. The van der Waals surface area contributed by atoms with Crippen molar-refractivity contribution in [1.29, 1.82) is 0 Å². The zero-order valence-electron chi connectivity index (χ0n) is 16.2. The minimum absolute atomic E-state index is 0.170. The number of carbonyl (C=O) groups excluding carboxylic acids is 2. The van der Waals surface area contributed by atoms with E-state index in [4.69, 9.17) is 4.74 Å². The van der Waals surface area contributed by atoms with Crippen LogP contribution in [0.2, 0.25) is 0 Å². The number of benzene rings is 1. The second-order valence-electron chi connectivity index (χ2n) is 8.31. The average Bonchev–Trinajstić information content (AvgIpc) is 3.43. The molecule has 1 aromatic rings. The van der Waals surface area contributed by atoms with E-state index in [1.165, 1.54) is 5.56 Å². The molecule has 1 unspecified atom stereocenters. The number of ether oxygens (including phenoxy) is 1. The van der Waals surface area contributed by atoms with E-state index in [-0.39, 0.29) is 23.9 Å². The van der Waals surface area contributed by atoms with E-state index in [1.807, 2.05) is 17.0 Å². The third-order valence-electron chi connectivity index (χ3n) is 6.15. The van der Waals surface area contributed by atoms with E-state index < -0.39 is 0 Å². The Morgan fingerprint density at radius 3 is 2.41 bits per heavy atom. The molecule has 5 heteroatoms. The van der Waals surface area contributed by atoms with Crippen LogP contribution in [0.25, 0.3) is 0 Å². The fraction of sp³-hybridized carbons (Fsp3) is 0.636. The number of hydrogen-bond acceptors (Lipinski definition) is 3. The number of aryl methyl sites for hydroxylation is 1. The standard InChI is InChI=1S/C22H30N2O3/c1-16-2-4-17(5-3-16)14-21(25)23-11-8-20(15-23)24(22(26)18-6-7-18)19-9-12-27-13-10-19/h2-5,18-20H,6-15H2,1H3. The summed E-state index contributed by atoms with van der Waals surface area (Å²) < 4.78 is 5.50. The number of hydrogen-bond donors (Lipinski definition) is 0. The Hall–Kier alpha value is -1.88. The van der Waals surface area contributed by atoms with Crippen molar-refractivity contribution in [2.75, 3.05) is 26.3 Å². The van der Waals surface area contributed by atoms with Gasteiger partial charge in [-0.2, -0.15) is 0 Å². The molecule has 1 saturated carbocycles. The summed E-state index contributed by atoms with van der Waals surface area (Å²) in [5, 5.41) is 0. The van der Waals surface area contributed by atoms with Gasteiger partial charge in [0.1, 0.15) is 0 Å². The second kappa shape index (κ2) is 8.01. The smallest absolute Gasteiger partial charge is 0.227 e. The molecule has 0 spiro atoms. The summed E-state index contributed by atoms with van der Waals surface area (Å²) in [6.45, 7) is 4.97. The number of carbonyl (C=O) groups is 2. The maximum Gasteiger partial charge on any atom is 0.227 e. The third-order valence-corrected chi connectivity index (χ3v) is 6.15. The normalized spacial score (nSPS) is 23.4. The zero-order chi connectivity index (χ0) is 18.8. The summed E-state index contributed by atoms with van der Waals surface area (Å²) >= 11 is 0. The first-order valence-corrected chi connectivity index (χ1v) is 10.3. The van der Waals surface area contributed by atoms with Gasteiger partial charge in [0.15, 0.2) is 0 Å². The number of nitrogens with zero attached hydrogens (tertiary/aromatic N) is 2. The van der Waals surface area contributed by atoms with Crippen molar-refractivity contribution in [1.82, 2.24) is 9.80 Å². The van der Waals surface area contributed by atoms with E-state index >= 15 is 0 Å². The number of rotatable bonds is 5. The maximum absolute atomic E-state index is 13.0. The van der Waals surface area contributed by atoms with E-state index in [0.717, 1.165) is 57.4 Å². The summed E-state index contributed by atoms with van der Waals surface area (Å²) in [6.07, 6.45) is 5.25. The average molecular weight is 370 g/mol. The Balaban J connectivity index is 1.40. The molecule has 1 aliphatic carbocycles. The molecule has 2 saturated heterocycles. The molecule has 2 aliphatic heterocycles. The molecule has 146 valence electrons. The highest BCUT2D eigenvalue weighted by molar-refractivity contribution is 5.82. The lowest BCUT2D eigenvalue weighted by Crippen LogP contribution is -2.51. The highest BCUT2D eigenvalue weighted by Gasteiger charge is 2.42. The highest BCUT2D eigenvalue weighted by atomic mass is 16.5. The summed E-state index contributed by atoms with van der Waals surface area (Å²) in [6, 6.07) is 8.62. The molecule has 3 fully saturated rings. The molecule has 5 nitrogen and oxygen atoms in total. The lowest BCUT2D eigenvalue weighted by molar-refractivity contribution is -0.140. The van der Waals surface area contributed by atoms with Gasteiger partial charge in [-0.1, -0.05) is 29.8 Å². The summed E-state index contributed by atoms with van der Waals surface area (Å²) in [7, 11) is 0. The molecular formula is C22H30N2O3. The van der Waals surface area contributed by atoms with Gasteiger partial charge >= 0.3 is 0 Å². The first-order chi connectivity index (χ1) is 13.1. The van der Waals surface area contributed by atoms with Gasteiger partial charge in [-0.3, -0.25) is 9.59 Å². The summed E-state index contributed by atoms with van der Waals surface area (Å²) in [5.74, 6) is 0.719. The molecule has 0 N–H and O–H groups in total. The predicted octanol–water partition coefficient (Wildman–Crippen LogP) is 2.56. The van der Waals surface area contributed by atoms with Crippen LogP contribution in [0.1, 0.15) is 43.2 Å². The quantitative estimate of drug-likeness (QED) is 0.800. The fourth-order valence-electron chi connectivity index (χ4n) is 4.35. The Labute approximate surface area is 161 Å². The van der Waals surface area contributed by atoms with Crippen LogP contribution in [-0.2, 0) is 20.7 Å². The topological polar surface area (TPSA) is 49.9 Å². The van der Waals surface area contributed by atoms with Crippen LogP contribution >= 0.6 is 0 Å². The first-order valence-electron chi connectivity index (χ1n) is 10.3. The van der Waals surface area contributed by atoms with Crippen LogP contribution in [-0.4, -0.2) is 60.0 Å². The molecule has 3 aliphatic rings. The Bertz CT molecular complexity index is 677. The van der Waals surface area contributed by atoms with Crippen LogP contribution in [0.3, 0.4) is 0 Å². The molecule has 0 aromatic heterocycles. The molecule has 1 aromatic carbocycles. The third kappa shape index (κ3) is 4.34. The van der Waals surface area contributed by atoms with E-state index in [0.29, 0.717) is 18.9 Å². The molecule has 4 rings (SSSR count). The molecule has 27 heavy (non-hydrogen) atoms. The lowest BCUT2D eigenvalue weighted by atomic mass is 10.0. The van der Waals surface area contributed by atoms with E-state index in [9.17, 15) is 9.59 Å². The van der Waals surface area contributed by atoms with Gasteiger partial charge in [-0.25, -0.2) is 0 Å². The van der Waals surface area contributed by atoms with Crippen LogP contribution in [0.5, 0.6) is 0 Å². The molecular weight excluding hydrogens is 340 g/mol. The van der Waals surface area contributed by atoms with Crippen molar-refractivity contribution < 1.29 is 14.3 Å². The van der Waals surface area contributed by atoms with E-state index in [2.05, 4.69) is 24.0 Å². The maximum atomic E-state index is 13.0. The van der Waals surface area contributed by atoms with Crippen molar-refractivity contribution in [2.24, 2.45) is 5.92 Å². The highest BCUT2D eigenvalue weighted by Crippen LogP contribution is 2.35. The Morgan fingerprint density at radius 1 is 1.04 bits per heavy atom. The van der Waals surface area contributed by atoms with Crippen molar-refractivity contribution in [2.45, 2.75) is 57.5 Å². The summed E-state index contributed by atoms with van der Waals surface area (Å²) in [5.41, 5.74) is 2.27. The predicted molar refractivity (Wildman–Crippen MR) is 103 cm³/mol. The van der Waals surface area contributed by atoms with Gasteiger partial charge in [0, 0.05) is 38.3 Å². The van der Waals surface area contributed by atoms with Crippen molar-refractivity contribution >= 4 is 11.8 Å². The van der Waals surface area contributed by atoms with Crippen molar-refractivity contribution in [3.05, 3.63) is 35.4 Å². The number of amides is 2. The van der Waals surface area contributed by atoms with Crippen molar-refractivity contribution in [3.63, 3.8) is 0 Å². The lowest BCUT2D eigenvalue weighted by Gasteiger charge is -2.38. The molecule has 0 radical (unpaired) electrons. The van der Waals surface area contributed by atoms with Crippen LogP contribution in [0.4, 0.5) is 0 Å². The largest absolute Gasteiger partial charge is 0.381 e.